The number of carbonyl (C=O) groups excluding carboxylic acids is 1. The number of ketones is 1. The molecule has 0 aliphatic rings. The molecule has 2 unspecified atom stereocenters. The van der Waals surface area contributed by atoms with Crippen LogP contribution in [-0.2, 0) is 0 Å². The summed E-state index contributed by atoms with van der Waals surface area (Å²) in [5.41, 5.74) is 8.88. The summed E-state index contributed by atoms with van der Waals surface area (Å²) in [7, 11) is 0. The lowest BCUT2D eigenvalue weighted by molar-refractivity contribution is 0.0244. The lowest BCUT2D eigenvalue weighted by Gasteiger charge is -2.16. The molecular formula is C12H12N4O3. The van der Waals surface area contributed by atoms with Crippen molar-refractivity contribution < 1.29 is 15.0 Å². The predicted molar refractivity (Wildman–Crippen MR) is 66.0 cm³/mol. The van der Waals surface area contributed by atoms with Crippen molar-refractivity contribution >= 4 is 5.78 Å². The molecule has 0 radical (unpaired) electrons. The molecule has 2 atom stereocenters. The van der Waals surface area contributed by atoms with E-state index in [1.807, 2.05) is 0 Å². The summed E-state index contributed by atoms with van der Waals surface area (Å²) in [5.74, 6) is -0.307. The van der Waals surface area contributed by atoms with Crippen molar-refractivity contribution in [3.8, 4) is 6.07 Å². The summed E-state index contributed by atoms with van der Waals surface area (Å²) >= 11 is 0. The average molecular weight is 260 g/mol. The van der Waals surface area contributed by atoms with E-state index < -0.39 is 12.2 Å². The van der Waals surface area contributed by atoms with Crippen LogP contribution in [0.3, 0.4) is 0 Å². The van der Waals surface area contributed by atoms with Crippen LogP contribution >= 0.6 is 0 Å². The third-order valence-electron chi connectivity index (χ3n) is 2.51. The number of nitriles is 1. The summed E-state index contributed by atoms with van der Waals surface area (Å²) in [6, 6.07) is 7.66. The second-order valence-electron chi connectivity index (χ2n) is 3.81. The van der Waals surface area contributed by atoms with Gasteiger partial charge in [0.25, 0.3) is 0 Å². The highest BCUT2D eigenvalue weighted by Crippen LogP contribution is 2.18. The van der Waals surface area contributed by atoms with E-state index >= 15 is 0 Å². The third-order valence-corrected chi connectivity index (χ3v) is 2.51. The van der Waals surface area contributed by atoms with Crippen molar-refractivity contribution in [2.75, 3.05) is 6.54 Å². The van der Waals surface area contributed by atoms with Crippen LogP contribution < -0.4 is 0 Å². The van der Waals surface area contributed by atoms with Crippen LogP contribution in [0, 0.1) is 11.3 Å². The number of aliphatic hydroxyl groups excluding tert-OH is 2. The fourth-order valence-electron chi connectivity index (χ4n) is 1.48. The third kappa shape index (κ3) is 4.08. The minimum atomic E-state index is -1.21. The summed E-state index contributed by atoms with van der Waals surface area (Å²) in [4.78, 5) is 13.9. The largest absolute Gasteiger partial charge is 0.390 e. The lowest BCUT2D eigenvalue weighted by atomic mass is 10.0. The maximum Gasteiger partial charge on any atom is 0.176 e. The molecule has 0 amide bonds. The molecule has 7 heteroatoms. The van der Waals surface area contributed by atoms with Gasteiger partial charge in [0.2, 0.25) is 0 Å². The molecule has 19 heavy (non-hydrogen) atoms. The number of nitrogens with zero attached hydrogens (tertiary/aromatic N) is 4. The van der Waals surface area contributed by atoms with E-state index in [4.69, 9.17) is 10.8 Å². The van der Waals surface area contributed by atoms with E-state index in [2.05, 4.69) is 10.0 Å². The fraction of sp³-hybridized carbons (Fsp3) is 0.333. The quantitative estimate of drug-likeness (QED) is 0.347. The first-order valence-corrected chi connectivity index (χ1v) is 5.47. The van der Waals surface area contributed by atoms with Crippen molar-refractivity contribution in [3.63, 3.8) is 0 Å². The molecule has 0 saturated carbocycles. The number of benzene rings is 1. The Labute approximate surface area is 109 Å². The fourth-order valence-corrected chi connectivity index (χ4v) is 1.48. The zero-order chi connectivity index (χ0) is 14.3. The topological polar surface area (TPSA) is 130 Å². The normalized spacial score (nSPS) is 12.9. The van der Waals surface area contributed by atoms with Crippen molar-refractivity contribution in [3.05, 3.63) is 45.8 Å². The highest BCUT2D eigenvalue weighted by molar-refractivity contribution is 5.97. The van der Waals surface area contributed by atoms with E-state index in [-0.39, 0.29) is 18.7 Å². The minimum absolute atomic E-state index is 0.207. The van der Waals surface area contributed by atoms with Crippen molar-refractivity contribution in [1.82, 2.24) is 0 Å². The molecule has 0 aliphatic carbocycles. The number of hydrogen-bond acceptors (Lipinski definition) is 5. The van der Waals surface area contributed by atoms with Crippen molar-refractivity contribution in [2.24, 2.45) is 5.11 Å². The Morgan fingerprint density at radius 2 is 2.05 bits per heavy atom. The molecule has 0 aliphatic heterocycles. The number of hydrogen-bond donors (Lipinski definition) is 2. The molecule has 1 aromatic carbocycles. The summed E-state index contributed by atoms with van der Waals surface area (Å²) in [6.07, 6.45) is -2.62. The molecule has 2 N–H and O–H groups in total. The van der Waals surface area contributed by atoms with Gasteiger partial charge in [-0.15, -0.1) is 0 Å². The number of carbonyl (C=O) groups is 1. The van der Waals surface area contributed by atoms with Crippen LogP contribution in [0.25, 0.3) is 10.4 Å². The summed E-state index contributed by atoms with van der Waals surface area (Å²) in [6.45, 7) is -0.243. The highest BCUT2D eigenvalue weighted by atomic mass is 16.3. The molecule has 0 heterocycles. The zero-order valence-corrected chi connectivity index (χ0v) is 9.97. The van der Waals surface area contributed by atoms with Crippen LogP contribution in [0.1, 0.15) is 28.4 Å². The van der Waals surface area contributed by atoms with Gasteiger partial charge in [0.05, 0.1) is 25.1 Å². The maximum atomic E-state index is 11.4. The Kier molecular flexibility index (Phi) is 5.51. The molecule has 1 aromatic rings. The van der Waals surface area contributed by atoms with Crippen LogP contribution in [0.15, 0.2) is 29.4 Å². The zero-order valence-electron chi connectivity index (χ0n) is 9.97. The van der Waals surface area contributed by atoms with E-state index in [0.29, 0.717) is 11.1 Å². The van der Waals surface area contributed by atoms with E-state index in [1.54, 1.807) is 6.07 Å². The SMILES string of the molecule is N#CCC(=O)c1ccc(C(O)C(O)CN=[N+]=[N-])cc1. The Bertz CT molecular complexity index is 529. The summed E-state index contributed by atoms with van der Waals surface area (Å²) in [5, 5.41) is 30.9. The first kappa shape index (κ1) is 14.7. The monoisotopic (exact) mass is 260 g/mol. The molecule has 0 spiro atoms. The first-order valence-electron chi connectivity index (χ1n) is 5.47. The second kappa shape index (κ2) is 7.13. The molecule has 98 valence electrons. The number of rotatable bonds is 6. The predicted octanol–water partition coefficient (Wildman–Crippen LogP) is 1.49. The molecule has 1 rings (SSSR count). The van der Waals surface area contributed by atoms with Crippen LogP contribution in [-0.4, -0.2) is 28.6 Å². The van der Waals surface area contributed by atoms with Gasteiger partial charge in [0.15, 0.2) is 5.78 Å². The van der Waals surface area contributed by atoms with Gasteiger partial charge in [-0.05, 0) is 11.1 Å². The van der Waals surface area contributed by atoms with E-state index in [9.17, 15) is 15.0 Å². The Balaban J connectivity index is 2.78. The Hall–Kier alpha value is -2.39. The van der Waals surface area contributed by atoms with Crippen molar-refractivity contribution in [1.29, 1.82) is 5.26 Å². The van der Waals surface area contributed by atoms with Gasteiger partial charge in [-0.3, -0.25) is 4.79 Å². The molecule has 0 fully saturated rings. The Morgan fingerprint density at radius 1 is 1.42 bits per heavy atom. The van der Waals surface area contributed by atoms with Gasteiger partial charge >= 0.3 is 0 Å². The van der Waals surface area contributed by atoms with E-state index in [0.717, 1.165) is 0 Å². The highest BCUT2D eigenvalue weighted by Gasteiger charge is 2.17. The van der Waals surface area contributed by atoms with Crippen LogP contribution in [0.4, 0.5) is 0 Å². The minimum Gasteiger partial charge on any atom is -0.390 e. The van der Waals surface area contributed by atoms with Crippen LogP contribution in [0.2, 0.25) is 0 Å². The smallest absolute Gasteiger partial charge is 0.176 e. The summed E-state index contributed by atoms with van der Waals surface area (Å²) < 4.78 is 0. The van der Waals surface area contributed by atoms with Gasteiger partial charge in [-0.2, -0.15) is 5.26 Å². The van der Waals surface area contributed by atoms with Gasteiger partial charge in [0, 0.05) is 10.5 Å². The second-order valence-corrected chi connectivity index (χ2v) is 3.81. The molecule has 0 bridgehead atoms. The van der Waals surface area contributed by atoms with Gasteiger partial charge < -0.3 is 10.2 Å². The van der Waals surface area contributed by atoms with E-state index in [1.165, 1.54) is 24.3 Å². The van der Waals surface area contributed by atoms with Gasteiger partial charge in [0.1, 0.15) is 6.10 Å². The van der Waals surface area contributed by atoms with Crippen LogP contribution in [0.5, 0.6) is 0 Å². The van der Waals surface area contributed by atoms with Crippen molar-refractivity contribution in [2.45, 2.75) is 18.6 Å². The number of azide groups is 1. The molecule has 0 aromatic heterocycles. The lowest BCUT2D eigenvalue weighted by Crippen LogP contribution is -2.21. The molecule has 0 saturated heterocycles. The number of aliphatic hydroxyl groups is 2. The number of Topliss-reactive ketones (excluding diaryl/α,β-unsaturated/α-hetero) is 1. The first-order chi connectivity index (χ1) is 9.10. The molecule has 7 nitrogen and oxygen atoms in total. The van der Waals surface area contributed by atoms with Gasteiger partial charge in [-0.1, -0.05) is 29.4 Å². The Morgan fingerprint density at radius 3 is 2.58 bits per heavy atom. The maximum absolute atomic E-state index is 11.4. The standard InChI is InChI=1S/C12H12N4O3/c13-6-5-10(17)8-1-3-9(4-2-8)12(19)11(18)7-15-16-14/h1-4,11-12,18-19H,5,7H2. The average Bonchev–Trinajstić information content (AvgIpc) is 2.44. The molecular weight excluding hydrogens is 248 g/mol. The van der Waals surface area contributed by atoms with Gasteiger partial charge in [-0.25, -0.2) is 0 Å².